The molecule has 28 heavy (non-hydrogen) atoms. The van der Waals surface area contributed by atoms with Gasteiger partial charge in [-0.2, -0.15) is 0 Å². The van der Waals surface area contributed by atoms with Gasteiger partial charge in [-0.15, -0.1) is 0 Å². The third-order valence-electron chi connectivity index (χ3n) is 6.60. The van der Waals surface area contributed by atoms with Crippen LogP contribution in [0.15, 0.2) is 48.5 Å². The Morgan fingerprint density at radius 1 is 0.964 bits per heavy atom. The van der Waals surface area contributed by atoms with Crippen LogP contribution >= 0.6 is 0 Å². The molecule has 3 saturated heterocycles. The van der Waals surface area contributed by atoms with E-state index < -0.39 is 0 Å². The molecule has 0 spiro atoms. The first-order chi connectivity index (χ1) is 13.8. The number of piperidine rings is 2. The first kappa shape index (κ1) is 17.7. The van der Waals surface area contributed by atoms with E-state index in [1.165, 1.54) is 22.3 Å². The zero-order chi connectivity index (χ0) is 19.1. The first-order valence-corrected chi connectivity index (χ1v) is 10.2. The van der Waals surface area contributed by atoms with Crippen molar-refractivity contribution in [2.24, 2.45) is 0 Å². The molecular formula is C23H26N2O3. The van der Waals surface area contributed by atoms with Crippen molar-refractivity contribution in [3.05, 3.63) is 59.7 Å². The summed E-state index contributed by atoms with van der Waals surface area (Å²) in [6.45, 7) is 2.80. The Morgan fingerprint density at radius 2 is 1.61 bits per heavy atom. The molecule has 3 heterocycles. The molecule has 1 amide bonds. The molecule has 1 aliphatic carbocycles. The number of aliphatic hydroxyl groups is 1. The summed E-state index contributed by atoms with van der Waals surface area (Å²) < 4.78 is 5.85. The molecule has 3 fully saturated rings. The second-order valence-electron chi connectivity index (χ2n) is 8.06. The van der Waals surface area contributed by atoms with Gasteiger partial charge in [-0.1, -0.05) is 48.5 Å². The van der Waals surface area contributed by atoms with Gasteiger partial charge >= 0.3 is 6.09 Å². The number of hydrogen-bond donors (Lipinski definition) is 1. The number of fused-ring (bicyclic) bond motifs is 6. The molecule has 5 nitrogen and oxygen atoms in total. The zero-order valence-corrected chi connectivity index (χ0v) is 16.0. The van der Waals surface area contributed by atoms with E-state index in [-0.39, 0.29) is 24.7 Å². The summed E-state index contributed by atoms with van der Waals surface area (Å²) in [6.07, 6.45) is 1.93. The minimum absolute atomic E-state index is 0.101. The van der Waals surface area contributed by atoms with Gasteiger partial charge in [0.25, 0.3) is 0 Å². The number of benzene rings is 2. The lowest BCUT2D eigenvalue weighted by Gasteiger charge is -2.50. The summed E-state index contributed by atoms with van der Waals surface area (Å²) in [4.78, 5) is 17.1. The van der Waals surface area contributed by atoms with Crippen LogP contribution in [-0.2, 0) is 4.74 Å². The maximum Gasteiger partial charge on any atom is 0.410 e. The van der Waals surface area contributed by atoms with Crippen LogP contribution in [0.25, 0.3) is 11.1 Å². The fourth-order valence-corrected chi connectivity index (χ4v) is 5.22. The molecule has 146 valence electrons. The standard InChI is InChI=1S/C23H26N2O3/c26-12-11-24-13-17-10-9-16(24)14-25(17)23(27)28-15-22-20-7-3-1-5-18(20)19-6-2-4-8-21(19)22/h1-8,16-17,22,26H,9-15H2. The van der Waals surface area contributed by atoms with E-state index in [0.29, 0.717) is 25.7 Å². The molecule has 2 unspecified atom stereocenters. The van der Waals surface area contributed by atoms with Gasteiger partial charge < -0.3 is 14.7 Å². The third kappa shape index (κ3) is 2.90. The summed E-state index contributed by atoms with van der Waals surface area (Å²) in [7, 11) is 0. The normalized spacial score (nSPS) is 23.5. The predicted molar refractivity (Wildman–Crippen MR) is 107 cm³/mol. The maximum absolute atomic E-state index is 12.9. The average molecular weight is 378 g/mol. The Labute approximate surface area is 165 Å². The Bertz CT molecular complexity index is 838. The molecule has 0 saturated carbocycles. The van der Waals surface area contributed by atoms with E-state index in [1.54, 1.807) is 0 Å². The highest BCUT2D eigenvalue weighted by Crippen LogP contribution is 2.44. The molecule has 1 N–H and O–H groups in total. The van der Waals surface area contributed by atoms with Crippen molar-refractivity contribution in [1.82, 2.24) is 9.80 Å². The van der Waals surface area contributed by atoms with E-state index in [2.05, 4.69) is 53.4 Å². The molecular weight excluding hydrogens is 352 g/mol. The second kappa shape index (κ2) is 7.22. The number of aliphatic hydroxyl groups excluding tert-OH is 1. The van der Waals surface area contributed by atoms with Crippen molar-refractivity contribution in [2.75, 3.05) is 32.8 Å². The van der Waals surface area contributed by atoms with Crippen molar-refractivity contribution >= 4 is 6.09 Å². The topological polar surface area (TPSA) is 53.0 Å². The van der Waals surface area contributed by atoms with E-state index in [4.69, 9.17) is 4.74 Å². The van der Waals surface area contributed by atoms with Gasteiger partial charge in [-0.3, -0.25) is 4.90 Å². The maximum atomic E-state index is 12.9. The molecule has 0 radical (unpaired) electrons. The Kier molecular flexibility index (Phi) is 4.57. The smallest absolute Gasteiger partial charge is 0.410 e. The highest BCUT2D eigenvalue weighted by atomic mass is 16.6. The minimum atomic E-state index is -0.194. The number of carbonyl (C=O) groups is 1. The Hall–Kier alpha value is -2.37. The fraction of sp³-hybridized carbons (Fsp3) is 0.435. The largest absolute Gasteiger partial charge is 0.448 e. The van der Waals surface area contributed by atoms with Crippen molar-refractivity contribution < 1.29 is 14.6 Å². The van der Waals surface area contributed by atoms with Crippen LogP contribution < -0.4 is 0 Å². The van der Waals surface area contributed by atoms with Crippen LogP contribution in [-0.4, -0.2) is 65.9 Å². The number of rotatable bonds is 4. The van der Waals surface area contributed by atoms with Crippen LogP contribution in [0.1, 0.15) is 29.9 Å². The summed E-state index contributed by atoms with van der Waals surface area (Å²) in [6, 6.07) is 17.4. The third-order valence-corrected chi connectivity index (χ3v) is 6.60. The van der Waals surface area contributed by atoms with Crippen molar-refractivity contribution in [1.29, 1.82) is 0 Å². The zero-order valence-electron chi connectivity index (χ0n) is 16.0. The quantitative estimate of drug-likeness (QED) is 0.888. The van der Waals surface area contributed by atoms with Crippen LogP contribution in [0.5, 0.6) is 0 Å². The van der Waals surface area contributed by atoms with Gasteiger partial charge in [-0.05, 0) is 35.1 Å². The van der Waals surface area contributed by atoms with Crippen molar-refractivity contribution in [3.8, 4) is 11.1 Å². The highest BCUT2D eigenvalue weighted by Gasteiger charge is 2.41. The SMILES string of the molecule is O=C(OCC1c2ccccc2-c2ccccc21)N1CC2CCC1CN2CCO. The molecule has 2 atom stereocenters. The number of ether oxygens (including phenoxy) is 1. The average Bonchev–Trinajstić information content (AvgIpc) is 3.06. The van der Waals surface area contributed by atoms with Gasteiger partial charge in [0.15, 0.2) is 0 Å². The Morgan fingerprint density at radius 3 is 2.21 bits per heavy atom. The predicted octanol–water partition coefficient (Wildman–Crippen LogP) is 3.08. The lowest BCUT2D eigenvalue weighted by Crippen LogP contribution is -2.64. The summed E-state index contributed by atoms with van der Waals surface area (Å²) in [5, 5.41) is 9.24. The van der Waals surface area contributed by atoms with Crippen molar-refractivity contribution in [2.45, 2.75) is 30.8 Å². The number of carbonyl (C=O) groups excluding carboxylic acids is 1. The first-order valence-electron chi connectivity index (χ1n) is 10.2. The summed E-state index contributed by atoms with van der Waals surface area (Å²) in [5.74, 6) is 0.101. The number of nitrogens with zero attached hydrogens (tertiary/aromatic N) is 2. The number of amides is 1. The summed E-state index contributed by atoms with van der Waals surface area (Å²) >= 11 is 0. The van der Waals surface area contributed by atoms with E-state index in [9.17, 15) is 9.90 Å². The molecule has 3 aliphatic heterocycles. The molecule has 2 bridgehead atoms. The van der Waals surface area contributed by atoms with Gasteiger partial charge in [0.2, 0.25) is 0 Å². The van der Waals surface area contributed by atoms with E-state index in [0.717, 1.165) is 19.4 Å². The van der Waals surface area contributed by atoms with E-state index >= 15 is 0 Å². The van der Waals surface area contributed by atoms with E-state index in [1.807, 2.05) is 4.90 Å². The molecule has 0 aromatic heterocycles. The van der Waals surface area contributed by atoms with Crippen LogP contribution in [0, 0.1) is 0 Å². The monoisotopic (exact) mass is 378 g/mol. The lowest BCUT2D eigenvalue weighted by molar-refractivity contribution is -0.0252. The van der Waals surface area contributed by atoms with Crippen LogP contribution in [0.2, 0.25) is 0 Å². The molecule has 4 aliphatic rings. The van der Waals surface area contributed by atoms with Gasteiger partial charge in [0.05, 0.1) is 6.61 Å². The highest BCUT2D eigenvalue weighted by molar-refractivity contribution is 5.79. The van der Waals surface area contributed by atoms with Crippen LogP contribution in [0.3, 0.4) is 0 Å². The van der Waals surface area contributed by atoms with Crippen LogP contribution in [0.4, 0.5) is 4.79 Å². The second-order valence-corrected chi connectivity index (χ2v) is 8.06. The van der Waals surface area contributed by atoms with Crippen molar-refractivity contribution in [3.63, 3.8) is 0 Å². The number of piperazine rings is 1. The molecule has 2 aromatic rings. The molecule has 5 heteroatoms. The van der Waals surface area contributed by atoms with Gasteiger partial charge in [-0.25, -0.2) is 4.79 Å². The molecule has 6 rings (SSSR count). The molecule has 2 aromatic carbocycles. The van der Waals surface area contributed by atoms with Gasteiger partial charge in [0.1, 0.15) is 6.61 Å². The summed E-state index contributed by atoms with van der Waals surface area (Å²) in [5.41, 5.74) is 4.98. The number of hydrogen-bond acceptors (Lipinski definition) is 4. The van der Waals surface area contributed by atoms with Gasteiger partial charge in [0, 0.05) is 37.6 Å². The minimum Gasteiger partial charge on any atom is -0.448 e. The lowest BCUT2D eigenvalue weighted by atomic mass is 9.91. The Balaban J connectivity index is 1.29. The fourth-order valence-electron chi connectivity index (χ4n) is 5.22.